The summed E-state index contributed by atoms with van der Waals surface area (Å²) < 4.78 is 57.9. The third kappa shape index (κ3) is 4.76. The Kier molecular flexibility index (Phi) is 6.12. The van der Waals surface area contributed by atoms with E-state index in [9.17, 15) is 13.2 Å². The van der Waals surface area contributed by atoms with Crippen LogP contribution in [-0.4, -0.2) is 56.3 Å². The molecule has 0 atom stereocenters. The van der Waals surface area contributed by atoms with E-state index in [1.807, 2.05) is 22.8 Å². The van der Waals surface area contributed by atoms with Gasteiger partial charge in [0.05, 0.1) is 26.3 Å². The minimum atomic E-state index is -4.43. The Morgan fingerprint density at radius 2 is 1.92 bits per heavy atom. The summed E-state index contributed by atoms with van der Waals surface area (Å²) in [5, 5.41) is 6.96. The first-order valence-corrected chi connectivity index (χ1v) is 10.9. The molecule has 0 radical (unpaired) electrons. The number of ether oxygens (including phenoxy) is 3. The van der Waals surface area contributed by atoms with Gasteiger partial charge in [-0.1, -0.05) is 6.07 Å². The van der Waals surface area contributed by atoms with Crippen LogP contribution in [0.2, 0.25) is 0 Å². The van der Waals surface area contributed by atoms with Gasteiger partial charge < -0.3 is 24.1 Å². The van der Waals surface area contributed by atoms with Crippen LogP contribution in [0.15, 0.2) is 43.0 Å². The number of hydrogen-bond donors (Lipinski definition) is 1. The summed E-state index contributed by atoms with van der Waals surface area (Å²) in [4.78, 5) is 13.0. The van der Waals surface area contributed by atoms with Crippen molar-refractivity contribution in [3.05, 3.63) is 48.5 Å². The topological polar surface area (TPSA) is 101 Å². The van der Waals surface area contributed by atoms with Gasteiger partial charge in [-0.05, 0) is 17.7 Å². The molecule has 36 heavy (non-hydrogen) atoms. The molecule has 1 aliphatic rings. The average Bonchev–Trinajstić information content (AvgIpc) is 3.44. The molecule has 188 valence electrons. The molecule has 4 heterocycles. The van der Waals surface area contributed by atoms with Gasteiger partial charge in [-0.15, -0.1) is 0 Å². The summed E-state index contributed by atoms with van der Waals surface area (Å²) in [6.45, 7) is 0.0453. The molecule has 1 aliphatic heterocycles. The molecule has 0 amide bonds. The van der Waals surface area contributed by atoms with E-state index in [2.05, 4.69) is 25.4 Å². The van der Waals surface area contributed by atoms with Crippen LogP contribution in [0.25, 0.3) is 22.9 Å². The van der Waals surface area contributed by atoms with E-state index in [1.54, 1.807) is 32.7 Å². The van der Waals surface area contributed by atoms with Crippen LogP contribution in [0.5, 0.6) is 17.2 Å². The van der Waals surface area contributed by atoms with Crippen LogP contribution in [0.4, 0.5) is 19.0 Å². The molecule has 5 rings (SSSR count). The lowest BCUT2D eigenvalue weighted by molar-refractivity contribution is -0.142. The number of rotatable bonds is 7. The minimum Gasteiger partial charge on any atom is -0.493 e. The Morgan fingerprint density at radius 3 is 2.69 bits per heavy atom. The molecule has 1 N–H and O–H groups in total. The summed E-state index contributed by atoms with van der Waals surface area (Å²) in [6, 6.07) is 7.40. The molecule has 0 saturated carbocycles. The molecule has 0 unspecified atom stereocenters. The third-order valence-electron chi connectivity index (χ3n) is 5.57. The molecule has 4 aromatic rings. The fourth-order valence-corrected chi connectivity index (χ4v) is 3.92. The van der Waals surface area contributed by atoms with Gasteiger partial charge >= 0.3 is 6.18 Å². The van der Waals surface area contributed by atoms with E-state index in [0.717, 1.165) is 16.6 Å². The Hall–Kier alpha value is -4.29. The second-order valence-corrected chi connectivity index (χ2v) is 7.96. The lowest BCUT2D eigenvalue weighted by atomic mass is 10.2. The first-order chi connectivity index (χ1) is 17.3. The number of hydrogen-bond acceptors (Lipinski definition) is 8. The van der Waals surface area contributed by atoms with Crippen LogP contribution >= 0.6 is 0 Å². The van der Waals surface area contributed by atoms with E-state index < -0.39 is 12.7 Å². The molecule has 3 aromatic heterocycles. The van der Waals surface area contributed by atoms with E-state index in [0.29, 0.717) is 54.2 Å². The van der Waals surface area contributed by atoms with E-state index in [4.69, 9.17) is 14.2 Å². The SMILES string of the molecule is COc1ccc(CNc2cc3c(cn2)-c2nc(-c4ncnn4CC(F)(F)F)cn2CCO3)cc1OC. The van der Waals surface area contributed by atoms with Crippen molar-refractivity contribution in [2.24, 2.45) is 0 Å². The summed E-state index contributed by atoms with van der Waals surface area (Å²) in [5.74, 6) is 2.99. The lowest BCUT2D eigenvalue weighted by Gasteiger charge is -2.12. The molecule has 0 saturated heterocycles. The number of nitrogens with zero attached hydrogens (tertiary/aromatic N) is 6. The molecule has 0 spiro atoms. The first kappa shape index (κ1) is 23.5. The maximum atomic E-state index is 12.9. The predicted octanol–water partition coefficient (Wildman–Crippen LogP) is 3.79. The number of benzene rings is 1. The van der Waals surface area contributed by atoms with Crippen molar-refractivity contribution in [3.8, 4) is 40.2 Å². The fourth-order valence-electron chi connectivity index (χ4n) is 3.92. The van der Waals surface area contributed by atoms with Crippen molar-refractivity contribution < 1.29 is 27.4 Å². The van der Waals surface area contributed by atoms with Gasteiger partial charge in [0.1, 0.15) is 42.6 Å². The number of methoxy groups -OCH3 is 2. The van der Waals surface area contributed by atoms with Crippen molar-refractivity contribution >= 4 is 5.82 Å². The molecule has 0 fully saturated rings. The van der Waals surface area contributed by atoms with Crippen LogP contribution in [0, 0.1) is 0 Å². The van der Waals surface area contributed by atoms with Crippen LogP contribution < -0.4 is 19.5 Å². The quantitative estimate of drug-likeness (QED) is 0.408. The van der Waals surface area contributed by atoms with Crippen LogP contribution in [0.1, 0.15) is 5.56 Å². The highest BCUT2D eigenvalue weighted by atomic mass is 19.4. The maximum absolute atomic E-state index is 12.9. The number of nitrogens with one attached hydrogen (secondary N) is 1. The van der Waals surface area contributed by atoms with Crippen molar-refractivity contribution in [2.75, 3.05) is 26.1 Å². The zero-order chi connectivity index (χ0) is 25.3. The van der Waals surface area contributed by atoms with Crippen LogP contribution in [-0.2, 0) is 19.6 Å². The number of halogens is 3. The summed E-state index contributed by atoms with van der Waals surface area (Å²) in [7, 11) is 3.16. The zero-order valence-electron chi connectivity index (χ0n) is 19.4. The van der Waals surface area contributed by atoms with Gasteiger partial charge in [0, 0.05) is 25.0 Å². The molecule has 10 nitrogen and oxygen atoms in total. The van der Waals surface area contributed by atoms with Gasteiger partial charge in [0.15, 0.2) is 17.3 Å². The molecule has 1 aromatic carbocycles. The van der Waals surface area contributed by atoms with E-state index >= 15 is 0 Å². The monoisotopic (exact) mass is 501 g/mol. The molecule has 13 heteroatoms. The Morgan fingerprint density at radius 1 is 1.08 bits per heavy atom. The second-order valence-electron chi connectivity index (χ2n) is 7.96. The molecular weight excluding hydrogens is 479 g/mol. The van der Waals surface area contributed by atoms with Gasteiger partial charge in [0.2, 0.25) is 0 Å². The van der Waals surface area contributed by atoms with Crippen molar-refractivity contribution in [2.45, 2.75) is 25.8 Å². The number of imidazole rings is 1. The molecular formula is C23H22F3N7O3. The molecule has 0 bridgehead atoms. The van der Waals surface area contributed by atoms with E-state index in [-0.39, 0.29) is 11.5 Å². The number of anilines is 1. The normalized spacial score (nSPS) is 12.8. The summed E-state index contributed by atoms with van der Waals surface area (Å²) in [6.07, 6.45) is -0.0703. The van der Waals surface area contributed by atoms with Crippen LogP contribution in [0.3, 0.4) is 0 Å². The Bertz CT molecular complexity index is 1380. The smallest absolute Gasteiger partial charge is 0.408 e. The Balaban J connectivity index is 1.38. The zero-order valence-corrected chi connectivity index (χ0v) is 19.4. The summed E-state index contributed by atoms with van der Waals surface area (Å²) >= 11 is 0. The number of pyridine rings is 1. The molecule has 0 aliphatic carbocycles. The minimum absolute atomic E-state index is 0.0385. The maximum Gasteiger partial charge on any atom is 0.408 e. The fraction of sp³-hybridized carbons (Fsp3) is 0.304. The van der Waals surface area contributed by atoms with Crippen molar-refractivity contribution in [1.29, 1.82) is 0 Å². The Labute approximate surface area is 203 Å². The number of aromatic nitrogens is 6. The van der Waals surface area contributed by atoms with Gasteiger partial charge in [-0.2, -0.15) is 18.3 Å². The number of alkyl halides is 3. The van der Waals surface area contributed by atoms with Crippen molar-refractivity contribution in [3.63, 3.8) is 0 Å². The lowest BCUT2D eigenvalue weighted by Crippen LogP contribution is -2.19. The van der Waals surface area contributed by atoms with Crippen molar-refractivity contribution in [1.82, 2.24) is 29.3 Å². The summed E-state index contributed by atoms with van der Waals surface area (Å²) in [5.41, 5.74) is 1.88. The number of fused-ring (bicyclic) bond motifs is 3. The van der Waals surface area contributed by atoms with Gasteiger partial charge in [0.25, 0.3) is 0 Å². The van der Waals surface area contributed by atoms with Gasteiger partial charge in [-0.25, -0.2) is 19.6 Å². The predicted molar refractivity (Wildman–Crippen MR) is 123 cm³/mol. The largest absolute Gasteiger partial charge is 0.493 e. The highest BCUT2D eigenvalue weighted by Crippen LogP contribution is 2.35. The first-order valence-electron chi connectivity index (χ1n) is 10.9. The highest BCUT2D eigenvalue weighted by Gasteiger charge is 2.31. The third-order valence-corrected chi connectivity index (χ3v) is 5.57. The average molecular weight is 501 g/mol. The highest BCUT2D eigenvalue weighted by molar-refractivity contribution is 5.69. The second kappa shape index (κ2) is 9.40. The van der Waals surface area contributed by atoms with E-state index in [1.165, 1.54) is 0 Å². The van der Waals surface area contributed by atoms with Gasteiger partial charge in [-0.3, -0.25) is 0 Å². The standard InChI is InChI=1S/C23H22F3N7O3/c1-34-17-4-3-14(7-19(17)35-2)9-27-20-8-18-15(10-28-20)21-31-16(11-32(21)5-6-36-18)22-29-13-30-33(22)12-23(24,25)26/h3-4,7-8,10-11,13H,5-6,9,12H2,1-2H3,(H,27,28).